The van der Waals surface area contributed by atoms with E-state index in [1.807, 2.05) is 0 Å². The van der Waals surface area contributed by atoms with Gasteiger partial charge in [0.05, 0.1) is 0 Å². The molecular formula is C7H4Cl2OS. The maximum atomic E-state index is 5.67. The molecule has 0 radical (unpaired) electrons. The fraction of sp³-hybridized carbons (Fsp3) is 0. The van der Waals surface area contributed by atoms with Crippen molar-refractivity contribution in [3.05, 3.63) is 28.2 Å². The van der Waals surface area contributed by atoms with E-state index < -0.39 is 0 Å². The molecule has 0 aromatic heterocycles. The molecule has 0 spiro atoms. The van der Waals surface area contributed by atoms with Crippen molar-refractivity contribution in [2.75, 3.05) is 0 Å². The van der Waals surface area contributed by atoms with Gasteiger partial charge in [0.15, 0.2) is 5.55 Å². The van der Waals surface area contributed by atoms with E-state index in [1.165, 1.54) is 0 Å². The van der Waals surface area contributed by atoms with Crippen LogP contribution in [0.2, 0.25) is 10.0 Å². The zero-order valence-electron chi connectivity index (χ0n) is 5.38. The van der Waals surface area contributed by atoms with Crippen LogP contribution in [0, 0.1) is 0 Å². The van der Waals surface area contributed by atoms with Crippen LogP contribution in [0.5, 0.6) is 5.75 Å². The largest absolute Gasteiger partial charge is 0.453 e. The highest BCUT2D eigenvalue weighted by molar-refractivity contribution is 7.78. The highest BCUT2D eigenvalue weighted by Crippen LogP contribution is 2.23. The van der Waals surface area contributed by atoms with Crippen LogP contribution in [0.4, 0.5) is 0 Å². The molecule has 1 aromatic rings. The first-order chi connectivity index (χ1) is 5.22. The third-order valence-electron chi connectivity index (χ3n) is 1.02. The molecule has 58 valence electrons. The SMILES string of the molecule is S=COc1cc(Cl)cc(Cl)c1. The van der Waals surface area contributed by atoms with Crippen LogP contribution in [-0.4, -0.2) is 5.55 Å². The highest BCUT2D eigenvalue weighted by Gasteiger charge is 1.96. The Kier molecular flexibility index (Phi) is 3.12. The van der Waals surface area contributed by atoms with Crippen molar-refractivity contribution < 1.29 is 4.74 Å². The van der Waals surface area contributed by atoms with Crippen LogP contribution in [0.25, 0.3) is 0 Å². The minimum absolute atomic E-state index is 0.532. The Morgan fingerprint density at radius 2 is 1.73 bits per heavy atom. The predicted octanol–water partition coefficient (Wildman–Crippen LogP) is 3.33. The summed E-state index contributed by atoms with van der Waals surface area (Å²) in [6.45, 7) is 0. The van der Waals surface area contributed by atoms with E-state index in [-0.39, 0.29) is 0 Å². The van der Waals surface area contributed by atoms with Crippen LogP contribution in [0.3, 0.4) is 0 Å². The maximum Gasteiger partial charge on any atom is 0.154 e. The maximum absolute atomic E-state index is 5.67. The van der Waals surface area contributed by atoms with E-state index in [2.05, 4.69) is 12.2 Å². The van der Waals surface area contributed by atoms with Gasteiger partial charge in [-0.3, -0.25) is 0 Å². The molecule has 0 bridgehead atoms. The van der Waals surface area contributed by atoms with Crippen LogP contribution >= 0.6 is 35.4 Å². The van der Waals surface area contributed by atoms with Crippen LogP contribution in [0.1, 0.15) is 0 Å². The van der Waals surface area contributed by atoms with Gasteiger partial charge in [-0.2, -0.15) is 0 Å². The summed E-state index contributed by atoms with van der Waals surface area (Å²) in [5.41, 5.74) is 1.15. The molecule has 0 saturated carbocycles. The van der Waals surface area contributed by atoms with Crippen LogP contribution in [-0.2, 0) is 0 Å². The Balaban J connectivity index is 2.98. The van der Waals surface area contributed by atoms with Gasteiger partial charge in [0.25, 0.3) is 0 Å². The molecule has 0 N–H and O–H groups in total. The lowest BCUT2D eigenvalue weighted by Crippen LogP contribution is -1.85. The molecule has 0 aliphatic carbocycles. The number of hydrogen-bond donors (Lipinski definition) is 0. The quantitative estimate of drug-likeness (QED) is 0.688. The summed E-state index contributed by atoms with van der Waals surface area (Å²) in [5, 5.41) is 1.06. The Morgan fingerprint density at radius 1 is 1.18 bits per heavy atom. The molecule has 0 fully saturated rings. The third-order valence-corrected chi connectivity index (χ3v) is 1.55. The Labute approximate surface area is 79.9 Å². The second kappa shape index (κ2) is 3.90. The fourth-order valence-corrected chi connectivity index (χ4v) is 1.27. The molecule has 0 aliphatic heterocycles. The lowest BCUT2D eigenvalue weighted by Gasteiger charge is -1.99. The summed E-state index contributed by atoms with van der Waals surface area (Å²) in [4.78, 5) is 0. The lowest BCUT2D eigenvalue weighted by atomic mass is 10.3. The number of thiocarbonyl (C=S) groups is 1. The first-order valence-corrected chi connectivity index (χ1v) is 4.01. The molecule has 0 atom stereocenters. The molecule has 0 heterocycles. The zero-order chi connectivity index (χ0) is 8.27. The van der Waals surface area contributed by atoms with E-state index in [0.29, 0.717) is 15.8 Å². The van der Waals surface area contributed by atoms with E-state index in [4.69, 9.17) is 27.9 Å². The Hall–Kier alpha value is -0.310. The van der Waals surface area contributed by atoms with Crippen molar-refractivity contribution in [3.63, 3.8) is 0 Å². The van der Waals surface area contributed by atoms with Crippen molar-refractivity contribution >= 4 is 41.0 Å². The number of benzene rings is 1. The third kappa shape index (κ3) is 2.66. The number of halogens is 2. The smallest absolute Gasteiger partial charge is 0.154 e. The van der Waals surface area contributed by atoms with Gasteiger partial charge in [0.1, 0.15) is 5.75 Å². The molecule has 4 heteroatoms. The van der Waals surface area contributed by atoms with Crippen molar-refractivity contribution in [1.29, 1.82) is 0 Å². The van der Waals surface area contributed by atoms with Gasteiger partial charge in [-0.15, -0.1) is 0 Å². The molecule has 0 saturated heterocycles. The fourth-order valence-electron chi connectivity index (χ4n) is 0.652. The van der Waals surface area contributed by atoms with Gasteiger partial charge >= 0.3 is 0 Å². The van der Waals surface area contributed by atoms with Crippen molar-refractivity contribution in [2.24, 2.45) is 0 Å². The molecule has 1 aromatic carbocycles. The lowest BCUT2D eigenvalue weighted by molar-refractivity contribution is 0.586. The average molecular weight is 207 g/mol. The van der Waals surface area contributed by atoms with Gasteiger partial charge in [-0.05, 0) is 30.4 Å². The first kappa shape index (κ1) is 8.78. The molecule has 1 rings (SSSR count). The van der Waals surface area contributed by atoms with Crippen molar-refractivity contribution in [3.8, 4) is 5.75 Å². The molecule has 1 nitrogen and oxygen atoms in total. The minimum Gasteiger partial charge on any atom is -0.453 e. The molecule has 0 amide bonds. The predicted molar refractivity (Wildman–Crippen MR) is 50.7 cm³/mol. The summed E-state index contributed by atoms with van der Waals surface area (Å²) >= 11 is 15.8. The van der Waals surface area contributed by atoms with E-state index >= 15 is 0 Å². The molecule has 0 aliphatic rings. The molecule has 11 heavy (non-hydrogen) atoms. The second-order valence-corrected chi connectivity index (χ2v) is 2.88. The van der Waals surface area contributed by atoms with E-state index in [9.17, 15) is 0 Å². The van der Waals surface area contributed by atoms with Gasteiger partial charge in [-0.25, -0.2) is 0 Å². The Morgan fingerprint density at radius 3 is 2.18 bits per heavy atom. The number of hydrogen-bond acceptors (Lipinski definition) is 2. The molecular weight excluding hydrogens is 203 g/mol. The number of rotatable bonds is 2. The second-order valence-electron chi connectivity index (χ2n) is 1.82. The topological polar surface area (TPSA) is 9.23 Å². The summed E-state index contributed by atoms with van der Waals surface area (Å²) in [7, 11) is 0. The zero-order valence-corrected chi connectivity index (χ0v) is 7.71. The van der Waals surface area contributed by atoms with Gasteiger partial charge in [0, 0.05) is 10.0 Å². The van der Waals surface area contributed by atoms with Crippen LogP contribution in [0.15, 0.2) is 18.2 Å². The van der Waals surface area contributed by atoms with Gasteiger partial charge in [0.2, 0.25) is 0 Å². The summed E-state index contributed by atoms with van der Waals surface area (Å²) in [6.07, 6.45) is 0. The number of ether oxygens (including phenoxy) is 1. The highest BCUT2D eigenvalue weighted by atomic mass is 35.5. The summed E-state index contributed by atoms with van der Waals surface area (Å²) < 4.78 is 4.89. The Bertz CT molecular complexity index is 255. The first-order valence-electron chi connectivity index (χ1n) is 2.79. The normalized spacial score (nSPS) is 9.27. The molecule has 0 unspecified atom stereocenters. The van der Waals surface area contributed by atoms with Crippen molar-refractivity contribution in [2.45, 2.75) is 0 Å². The van der Waals surface area contributed by atoms with Gasteiger partial charge in [-0.1, -0.05) is 23.2 Å². The standard InChI is InChI=1S/C7H4Cl2OS/c8-5-1-6(9)3-7(2-5)10-4-11/h1-4H. The minimum atomic E-state index is 0.532. The van der Waals surface area contributed by atoms with E-state index in [0.717, 1.165) is 5.55 Å². The van der Waals surface area contributed by atoms with Gasteiger partial charge < -0.3 is 4.74 Å². The van der Waals surface area contributed by atoms with Crippen LogP contribution < -0.4 is 4.74 Å². The van der Waals surface area contributed by atoms with E-state index in [1.54, 1.807) is 18.2 Å². The summed E-state index contributed by atoms with van der Waals surface area (Å²) in [6, 6.07) is 4.89. The average Bonchev–Trinajstić information content (AvgIpc) is 1.85. The monoisotopic (exact) mass is 206 g/mol. The van der Waals surface area contributed by atoms with Crippen molar-refractivity contribution in [1.82, 2.24) is 0 Å². The summed E-state index contributed by atoms with van der Waals surface area (Å²) in [5.74, 6) is 0.553.